The maximum absolute atomic E-state index is 12.0. The summed E-state index contributed by atoms with van der Waals surface area (Å²) in [7, 11) is 3.50. The summed E-state index contributed by atoms with van der Waals surface area (Å²) in [6, 6.07) is 0. The van der Waals surface area contributed by atoms with E-state index in [4.69, 9.17) is 5.73 Å². The number of hydrogen-bond donors (Lipinski definition) is 1. The van der Waals surface area contributed by atoms with Crippen molar-refractivity contribution in [1.29, 1.82) is 0 Å². The van der Waals surface area contributed by atoms with Gasteiger partial charge in [0.25, 0.3) is 5.91 Å². The maximum Gasteiger partial charge on any atom is 0.258 e. The Balaban J connectivity index is 2.83. The molecule has 0 radical (unpaired) electrons. The molecule has 1 aromatic rings. The molecular formula is C11H20N4O. The highest BCUT2D eigenvalue weighted by Gasteiger charge is 2.21. The van der Waals surface area contributed by atoms with Crippen molar-refractivity contribution in [2.24, 2.45) is 12.5 Å². The monoisotopic (exact) mass is 224 g/mol. The fourth-order valence-electron chi connectivity index (χ4n) is 1.60. The van der Waals surface area contributed by atoms with Gasteiger partial charge in [-0.3, -0.25) is 9.48 Å². The Kier molecular flexibility index (Phi) is 3.26. The number of nitrogens with two attached hydrogens (primary N) is 1. The Morgan fingerprint density at radius 3 is 2.50 bits per heavy atom. The third-order valence-electron chi connectivity index (χ3n) is 2.27. The van der Waals surface area contributed by atoms with Crippen LogP contribution in [0.15, 0.2) is 6.20 Å². The third-order valence-corrected chi connectivity index (χ3v) is 2.27. The Morgan fingerprint density at radius 1 is 1.56 bits per heavy atom. The van der Waals surface area contributed by atoms with Crippen molar-refractivity contribution in [2.75, 3.05) is 19.3 Å². The van der Waals surface area contributed by atoms with Gasteiger partial charge in [0, 0.05) is 20.6 Å². The number of hydrogen-bond acceptors (Lipinski definition) is 3. The predicted octanol–water partition coefficient (Wildman–Crippen LogP) is 1.12. The largest absolute Gasteiger partial charge is 0.383 e. The Hall–Kier alpha value is -1.52. The molecule has 0 aliphatic carbocycles. The number of aryl methyl sites for hydroxylation is 1. The molecule has 0 aliphatic heterocycles. The smallest absolute Gasteiger partial charge is 0.258 e. The molecule has 0 aromatic carbocycles. The molecule has 1 heterocycles. The number of carbonyl (C=O) groups excluding carboxylic acids is 1. The fraction of sp³-hybridized carbons (Fsp3) is 0.636. The summed E-state index contributed by atoms with van der Waals surface area (Å²) in [6.07, 6.45) is 1.51. The number of carbonyl (C=O) groups is 1. The topological polar surface area (TPSA) is 64.2 Å². The molecular weight excluding hydrogens is 204 g/mol. The molecule has 0 atom stereocenters. The zero-order chi connectivity index (χ0) is 12.5. The van der Waals surface area contributed by atoms with E-state index in [2.05, 4.69) is 25.9 Å². The second-order valence-electron chi connectivity index (χ2n) is 5.29. The molecule has 0 spiro atoms. The van der Waals surface area contributed by atoms with Crippen LogP contribution < -0.4 is 5.73 Å². The second kappa shape index (κ2) is 4.15. The molecule has 2 N–H and O–H groups in total. The van der Waals surface area contributed by atoms with Crippen LogP contribution in [0.3, 0.4) is 0 Å². The van der Waals surface area contributed by atoms with E-state index in [1.807, 2.05) is 0 Å². The quantitative estimate of drug-likeness (QED) is 0.818. The van der Waals surface area contributed by atoms with E-state index in [1.54, 1.807) is 19.0 Å². The van der Waals surface area contributed by atoms with E-state index >= 15 is 0 Å². The van der Waals surface area contributed by atoms with E-state index < -0.39 is 0 Å². The lowest BCUT2D eigenvalue weighted by atomic mass is 9.96. The van der Waals surface area contributed by atoms with Crippen LogP contribution in [0.4, 0.5) is 5.82 Å². The molecule has 0 unspecified atom stereocenters. The summed E-state index contributed by atoms with van der Waals surface area (Å²) >= 11 is 0. The van der Waals surface area contributed by atoms with Gasteiger partial charge in [0.2, 0.25) is 0 Å². The normalized spacial score (nSPS) is 11.6. The average Bonchev–Trinajstić information content (AvgIpc) is 2.44. The molecule has 5 nitrogen and oxygen atoms in total. The predicted molar refractivity (Wildman–Crippen MR) is 64.0 cm³/mol. The van der Waals surface area contributed by atoms with Gasteiger partial charge in [0.05, 0.1) is 6.20 Å². The number of nitrogen functional groups attached to an aromatic ring is 1. The number of aromatic nitrogens is 2. The SMILES string of the molecule is CN(CC(C)(C)C)C(=O)c1cnn(C)c1N. The van der Waals surface area contributed by atoms with Gasteiger partial charge in [-0.2, -0.15) is 5.10 Å². The Labute approximate surface area is 96.2 Å². The molecule has 0 saturated heterocycles. The first-order valence-electron chi connectivity index (χ1n) is 5.25. The standard InChI is InChI=1S/C11H20N4O/c1-11(2,3)7-14(4)10(16)8-6-13-15(5)9(8)12/h6H,7,12H2,1-5H3. The minimum atomic E-state index is -0.0828. The first kappa shape index (κ1) is 12.5. The molecule has 90 valence electrons. The third kappa shape index (κ3) is 2.74. The summed E-state index contributed by atoms with van der Waals surface area (Å²) in [5.74, 6) is 0.325. The first-order chi connectivity index (χ1) is 7.22. The van der Waals surface area contributed by atoms with Crippen molar-refractivity contribution < 1.29 is 4.79 Å². The van der Waals surface area contributed by atoms with Crippen molar-refractivity contribution in [3.05, 3.63) is 11.8 Å². The molecule has 0 fully saturated rings. The van der Waals surface area contributed by atoms with Gasteiger partial charge in [-0.15, -0.1) is 0 Å². The lowest BCUT2D eigenvalue weighted by molar-refractivity contribution is 0.0746. The maximum atomic E-state index is 12.0. The van der Waals surface area contributed by atoms with Crippen LogP contribution in [0.1, 0.15) is 31.1 Å². The highest BCUT2D eigenvalue weighted by molar-refractivity contribution is 5.98. The summed E-state index contributed by atoms with van der Waals surface area (Å²) in [6.45, 7) is 6.94. The van der Waals surface area contributed by atoms with Crippen LogP contribution in [0.5, 0.6) is 0 Å². The van der Waals surface area contributed by atoms with E-state index in [0.29, 0.717) is 17.9 Å². The fourth-order valence-corrected chi connectivity index (χ4v) is 1.60. The molecule has 0 saturated carbocycles. The van der Waals surface area contributed by atoms with E-state index in [-0.39, 0.29) is 11.3 Å². The average molecular weight is 224 g/mol. The highest BCUT2D eigenvalue weighted by atomic mass is 16.2. The van der Waals surface area contributed by atoms with E-state index in [9.17, 15) is 4.79 Å². The molecule has 1 amide bonds. The van der Waals surface area contributed by atoms with Crippen LogP contribution in [-0.4, -0.2) is 34.2 Å². The highest BCUT2D eigenvalue weighted by Crippen LogP contribution is 2.17. The van der Waals surface area contributed by atoms with E-state index in [1.165, 1.54) is 10.9 Å². The van der Waals surface area contributed by atoms with Gasteiger partial charge in [0.15, 0.2) is 0 Å². The van der Waals surface area contributed by atoms with Gasteiger partial charge in [-0.1, -0.05) is 20.8 Å². The van der Waals surface area contributed by atoms with Crippen LogP contribution in [0, 0.1) is 5.41 Å². The zero-order valence-corrected chi connectivity index (χ0v) is 10.6. The van der Waals surface area contributed by atoms with Crippen LogP contribution in [0.25, 0.3) is 0 Å². The van der Waals surface area contributed by atoms with Crippen molar-refractivity contribution in [3.63, 3.8) is 0 Å². The van der Waals surface area contributed by atoms with Gasteiger partial charge in [-0.25, -0.2) is 0 Å². The van der Waals surface area contributed by atoms with Gasteiger partial charge in [-0.05, 0) is 5.41 Å². The summed E-state index contributed by atoms with van der Waals surface area (Å²) in [5.41, 5.74) is 6.30. The van der Waals surface area contributed by atoms with Gasteiger partial charge >= 0.3 is 0 Å². The second-order valence-corrected chi connectivity index (χ2v) is 5.29. The molecule has 1 rings (SSSR count). The summed E-state index contributed by atoms with van der Waals surface area (Å²) in [5, 5.41) is 3.96. The van der Waals surface area contributed by atoms with Crippen molar-refractivity contribution in [3.8, 4) is 0 Å². The van der Waals surface area contributed by atoms with Gasteiger partial charge in [0.1, 0.15) is 11.4 Å². The van der Waals surface area contributed by atoms with Crippen LogP contribution >= 0.6 is 0 Å². The van der Waals surface area contributed by atoms with Gasteiger partial charge < -0.3 is 10.6 Å². The van der Waals surface area contributed by atoms with Crippen molar-refractivity contribution in [1.82, 2.24) is 14.7 Å². The van der Waals surface area contributed by atoms with Crippen LogP contribution in [0.2, 0.25) is 0 Å². The molecule has 0 aliphatic rings. The molecule has 1 aromatic heterocycles. The minimum Gasteiger partial charge on any atom is -0.383 e. The number of anilines is 1. The summed E-state index contributed by atoms with van der Waals surface area (Å²) in [4.78, 5) is 13.7. The molecule has 16 heavy (non-hydrogen) atoms. The van der Waals surface area contributed by atoms with E-state index in [0.717, 1.165) is 0 Å². The number of rotatable bonds is 2. The molecule has 5 heteroatoms. The lowest BCUT2D eigenvalue weighted by Gasteiger charge is -2.26. The lowest BCUT2D eigenvalue weighted by Crippen LogP contribution is -2.34. The first-order valence-corrected chi connectivity index (χ1v) is 5.25. The Bertz CT molecular complexity index is 389. The number of amides is 1. The number of nitrogens with zero attached hydrogens (tertiary/aromatic N) is 3. The summed E-state index contributed by atoms with van der Waals surface area (Å²) < 4.78 is 1.50. The minimum absolute atomic E-state index is 0.0708. The van der Waals surface area contributed by atoms with Crippen LogP contribution in [-0.2, 0) is 7.05 Å². The van der Waals surface area contributed by atoms with Crippen molar-refractivity contribution >= 4 is 11.7 Å². The Morgan fingerprint density at radius 2 is 2.12 bits per heavy atom. The van der Waals surface area contributed by atoms with Crippen molar-refractivity contribution in [2.45, 2.75) is 20.8 Å². The zero-order valence-electron chi connectivity index (χ0n) is 10.6. The molecule has 0 bridgehead atoms.